The average molecular weight is 251 g/mol. The van der Waals surface area contributed by atoms with E-state index >= 15 is 0 Å². The summed E-state index contributed by atoms with van der Waals surface area (Å²) in [7, 11) is 3.95. The van der Waals surface area contributed by atoms with Gasteiger partial charge in [-0.3, -0.25) is 4.90 Å². The van der Waals surface area contributed by atoms with Gasteiger partial charge in [0, 0.05) is 0 Å². The van der Waals surface area contributed by atoms with Gasteiger partial charge in [0.2, 0.25) is 0 Å². The van der Waals surface area contributed by atoms with Gasteiger partial charge in [-0.2, -0.15) is 0 Å². The number of rotatable bonds is 3. The van der Waals surface area contributed by atoms with Crippen molar-refractivity contribution in [3.63, 3.8) is 0 Å². The second-order valence-electron chi connectivity index (χ2n) is 5.58. The van der Waals surface area contributed by atoms with E-state index in [-0.39, 0.29) is 11.9 Å². The van der Waals surface area contributed by atoms with Crippen molar-refractivity contribution >= 4 is 0 Å². The molecule has 0 amide bonds. The third-order valence-corrected chi connectivity index (χ3v) is 3.93. The van der Waals surface area contributed by atoms with Crippen molar-refractivity contribution in [1.82, 2.24) is 4.90 Å². The summed E-state index contributed by atoms with van der Waals surface area (Å²) >= 11 is 0. The van der Waals surface area contributed by atoms with E-state index in [1.54, 1.807) is 12.1 Å². The molecule has 1 aromatic rings. The summed E-state index contributed by atoms with van der Waals surface area (Å²) in [6, 6.07) is 6.45. The van der Waals surface area contributed by atoms with Crippen LogP contribution < -0.4 is 0 Å². The molecule has 0 radical (unpaired) electrons. The van der Waals surface area contributed by atoms with Crippen LogP contribution in [0.2, 0.25) is 0 Å². The van der Waals surface area contributed by atoms with Gasteiger partial charge in [0.1, 0.15) is 5.82 Å². The number of aliphatic hydroxyl groups is 1. The molecular weight excluding hydrogens is 229 g/mol. The van der Waals surface area contributed by atoms with Crippen molar-refractivity contribution in [1.29, 1.82) is 0 Å². The third-order valence-electron chi connectivity index (χ3n) is 3.93. The van der Waals surface area contributed by atoms with Crippen LogP contribution >= 0.6 is 0 Å². The van der Waals surface area contributed by atoms with E-state index in [0.29, 0.717) is 0 Å². The molecule has 0 spiro atoms. The lowest BCUT2D eigenvalue weighted by Crippen LogP contribution is -2.44. The van der Waals surface area contributed by atoms with Crippen LogP contribution in [0, 0.1) is 5.82 Å². The largest absolute Gasteiger partial charge is 0.388 e. The predicted molar refractivity (Wildman–Crippen MR) is 70.9 cm³/mol. The quantitative estimate of drug-likeness (QED) is 0.892. The topological polar surface area (TPSA) is 23.5 Å². The Balaban J connectivity index is 2.30. The molecule has 1 aliphatic carbocycles. The van der Waals surface area contributed by atoms with Crippen LogP contribution in [0.5, 0.6) is 0 Å². The van der Waals surface area contributed by atoms with E-state index in [1.807, 2.05) is 19.0 Å². The van der Waals surface area contributed by atoms with Crippen LogP contribution in [0.4, 0.5) is 4.39 Å². The maximum atomic E-state index is 13.0. The summed E-state index contributed by atoms with van der Waals surface area (Å²) < 4.78 is 13.0. The molecule has 2 rings (SSSR count). The van der Waals surface area contributed by atoms with Crippen LogP contribution in [0.3, 0.4) is 0 Å². The molecule has 0 aromatic heterocycles. The minimum Gasteiger partial charge on any atom is -0.388 e. The van der Waals surface area contributed by atoms with Crippen LogP contribution in [-0.2, 0) is 0 Å². The zero-order valence-electron chi connectivity index (χ0n) is 11.2. The molecule has 1 aliphatic rings. The first kappa shape index (κ1) is 13.5. The first-order valence-corrected chi connectivity index (χ1v) is 6.67. The van der Waals surface area contributed by atoms with Gasteiger partial charge >= 0.3 is 0 Å². The Bertz CT molecular complexity index is 382. The predicted octanol–water partition coefficient (Wildman–Crippen LogP) is 3.12. The molecule has 1 saturated carbocycles. The Morgan fingerprint density at radius 3 is 2.17 bits per heavy atom. The van der Waals surface area contributed by atoms with E-state index in [1.165, 1.54) is 18.6 Å². The van der Waals surface area contributed by atoms with Gasteiger partial charge in [-0.15, -0.1) is 0 Å². The second-order valence-corrected chi connectivity index (χ2v) is 5.58. The highest BCUT2D eigenvalue weighted by atomic mass is 19.1. The summed E-state index contributed by atoms with van der Waals surface area (Å²) in [5.74, 6) is -0.230. The zero-order chi connectivity index (χ0) is 13.2. The molecule has 2 nitrogen and oxygen atoms in total. The van der Waals surface area contributed by atoms with Crippen molar-refractivity contribution in [3.05, 3.63) is 35.6 Å². The molecule has 1 N–H and O–H groups in total. The molecule has 100 valence electrons. The monoisotopic (exact) mass is 251 g/mol. The van der Waals surface area contributed by atoms with Gasteiger partial charge in [0.25, 0.3) is 0 Å². The maximum Gasteiger partial charge on any atom is 0.123 e. The van der Waals surface area contributed by atoms with Crippen LogP contribution in [0.15, 0.2) is 24.3 Å². The zero-order valence-corrected chi connectivity index (χ0v) is 11.2. The number of hydrogen-bond donors (Lipinski definition) is 1. The van der Waals surface area contributed by atoms with E-state index < -0.39 is 5.60 Å². The van der Waals surface area contributed by atoms with Gasteiger partial charge in [-0.05, 0) is 44.6 Å². The molecule has 0 saturated heterocycles. The second kappa shape index (κ2) is 5.37. The first-order valence-electron chi connectivity index (χ1n) is 6.67. The van der Waals surface area contributed by atoms with Crippen molar-refractivity contribution in [2.24, 2.45) is 0 Å². The lowest BCUT2D eigenvalue weighted by atomic mass is 9.76. The highest BCUT2D eigenvalue weighted by molar-refractivity contribution is 5.23. The first-order chi connectivity index (χ1) is 8.53. The summed E-state index contributed by atoms with van der Waals surface area (Å²) in [5.41, 5.74) is 0.311. The Kier molecular flexibility index (Phi) is 4.03. The molecule has 3 heteroatoms. The Labute approximate surface area is 108 Å². The summed E-state index contributed by atoms with van der Waals surface area (Å²) in [6.07, 6.45) is 5.00. The standard InChI is InChI=1S/C15H22FNO/c1-17(2)14(12-6-8-13(16)9-7-12)15(18)10-4-3-5-11-15/h6-9,14,18H,3-5,10-11H2,1-2H3. The third kappa shape index (κ3) is 2.73. The summed E-state index contributed by atoms with van der Waals surface area (Å²) in [4.78, 5) is 2.04. The number of halogens is 1. The molecule has 1 atom stereocenters. The molecule has 18 heavy (non-hydrogen) atoms. The minimum absolute atomic E-state index is 0.0570. The van der Waals surface area contributed by atoms with Crippen molar-refractivity contribution in [2.75, 3.05) is 14.1 Å². The van der Waals surface area contributed by atoms with Crippen molar-refractivity contribution < 1.29 is 9.50 Å². The Hall–Kier alpha value is -0.930. The lowest BCUT2D eigenvalue weighted by Gasteiger charge is -2.42. The van der Waals surface area contributed by atoms with Crippen molar-refractivity contribution in [3.8, 4) is 0 Å². The van der Waals surface area contributed by atoms with Crippen LogP contribution in [0.1, 0.15) is 43.7 Å². The maximum absolute atomic E-state index is 13.0. The fourth-order valence-corrected chi connectivity index (χ4v) is 3.17. The van der Waals surface area contributed by atoms with E-state index in [4.69, 9.17) is 0 Å². The highest BCUT2D eigenvalue weighted by Gasteiger charge is 2.39. The van der Waals surface area contributed by atoms with Gasteiger partial charge < -0.3 is 5.11 Å². The van der Waals surface area contributed by atoms with Crippen molar-refractivity contribution in [2.45, 2.75) is 43.7 Å². The fraction of sp³-hybridized carbons (Fsp3) is 0.600. The summed E-state index contributed by atoms with van der Waals surface area (Å²) in [5, 5.41) is 10.9. The highest BCUT2D eigenvalue weighted by Crippen LogP contribution is 2.40. The number of hydrogen-bond acceptors (Lipinski definition) is 2. The molecule has 1 unspecified atom stereocenters. The smallest absolute Gasteiger partial charge is 0.123 e. The number of benzene rings is 1. The van der Waals surface area contributed by atoms with E-state index in [9.17, 15) is 9.50 Å². The lowest BCUT2D eigenvalue weighted by molar-refractivity contribution is -0.0622. The van der Waals surface area contributed by atoms with Gasteiger partial charge in [0.05, 0.1) is 11.6 Å². The van der Waals surface area contributed by atoms with Gasteiger partial charge in [-0.25, -0.2) is 4.39 Å². The van der Waals surface area contributed by atoms with Gasteiger partial charge in [-0.1, -0.05) is 31.4 Å². The molecule has 0 aliphatic heterocycles. The fourth-order valence-electron chi connectivity index (χ4n) is 3.17. The molecule has 0 heterocycles. The van der Waals surface area contributed by atoms with Crippen LogP contribution in [0.25, 0.3) is 0 Å². The number of likely N-dealkylation sites (N-methyl/N-ethyl adjacent to an activating group) is 1. The van der Waals surface area contributed by atoms with E-state index in [0.717, 1.165) is 31.2 Å². The Morgan fingerprint density at radius 2 is 1.67 bits per heavy atom. The van der Waals surface area contributed by atoms with E-state index in [2.05, 4.69) is 0 Å². The average Bonchev–Trinajstić information content (AvgIpc) is 2.32. The molecular formula is C15H22FNO. The normalized spacial score (nSPS) is 20.9. The van der Waals surface area contributed by atoms with Crippen LogP contribution in [-0.4, -0.2) is 29.7 Å². The SMILES string of the molecule is CN(C)C(c1ccc(F)cc1)C1(O)CCCCC1. The number of nitrogens with zero attached hydrogens (tertiary/aromatic N) is 1. The Morgan fingerprint density at radius 1 is 1.11 bits per heavy atom. The molecule has 1 aromatic carbocycles. The molecule has 1 fully saturated rings. The molecule has 0 bridgehead atoms. The van der Waals surface area contributed by atoms with Gasteiger partial charge in [0.15, 0.2) is 0 Å². The summed E-state index contributed by atoms with van der Waals surface area (Å²) in [6.45, 7) is 0. The minimum atomic E-state index is -0.681.